The zero-order valence-corrected chi connectivity index (χ0v) is 12.1. The van der Waals surface area contributed by atoms with Gasteiger partial charge in [0.05, 0.1) is 13.7 Å². The summed E-state index contributed by atoms with van der Waals surface area (Å²) in [7, 11) is 1.56. The van der Waals surface area contributed by atoms with Gasteiger partial charge in [0, 0.05) is 6.42 Å². The number of imide groups is 1. The number of piperidine rings is 1. The van der Waals surface area contributed by atoms with Crippen molar-refractivity contribution in [2.75, 3.05) is 13.7 Å². The molecule has 2 atom stereocenters. The first kappa shape index (κ1) is 14.4. The Morgan fingerprint density at radius 3 is 2.86 bits per heavy atom. The molecule has 0 aromatic heterocycles. The lowest BCUT2D eigenvalue weighted by Gasteiger charge is -2.27. The third-order valence-electron chi connectivity index (χ3n) is 3.89. The summed E-state index contributed by atoms with van der Waals surface area (Å²) in [6.07, 6.45) is -0.440. The minimum atomic E-state index is -0.652. The summed E-state index contributed by atoms with van der Waals surface area (Å²) in [6, 6.07) is 6.61. The highest BCUT2D eigenvalue weighted by atomic mass is 16.6. The van der Waals surface area contributed by atoms with E-state index >= 15 is 0 Å². The quantitative estimate of drug-likeness (QED) is 0.842. The van der Waals surface area contributed by atoms with Crippen LogP contribution in [0.3, 0.4) is 0 Å². The van der Waals surface area contributed by atoms with Crippen LogP contribution < -0.4 is 10.1 Å². The number of nitrogens with zero attached hydrogens (tertiary/aromatic N) is 1. The average Bonchev–Trinajstić information content (AvgIpc) is 2.89. The van der Waals surface area contributed by atoms with Crippen molar-refractivity contribution in [2.45, 2.75) is 25.0 Å². The molecule has 7 nitrogen and oxygen atoms in total. The molecule has 0 saturated carbocycles. The normalized spacial score (nSPS) is 25.0. The topological polar surface area (TPSA) is 84.9 Å². The van der Waals surface area contributed by atoms with Gasteiger partial charge in [0.25, 0.3) is 0 Å². The van der Waals surface area contributed by atoms with Crippen LogP contribution in [-0.4, -0.2) is 42.5 Å². The Kier molecular flexibility index (Phi) is 3.70. The molecule has 2 aliphatic rings. The van der Waals surface area contributed by atoms with Crippen LogP contribution in [0.5, 0.6) is 5.75 Å². The first-order valence-electron chi connectivity index (χ1n) is 7.03. The van der Waals surface area contributed by atoms with Crippen molar-refractivity contribution < 1.29 is 23.9 Å². The Labute approximate surface area is 127 Å². The predicted molar refractivity (Wildman–Crippen MR) is 75.1 cm³/mol. The zero-order chi connectivity index (χ0) is 15.7. The third-order valence-corrected chi connectivity index (χ3v) is 3.89. The molecular formula is C15H16N2O5. The summed E-state index contributed by atoms with van der Waals surface area (Å²) in [5.41, 5.74) is 0.808. The number of benzene rings is 1. The van der Waals surface area contributed by atoms with Crippen molar-refractivity contribution in [3.63, 3.8) is 0 Å². The van der Waals surface area contributed by atoms with E-state index in [0.29, 0.717) is 12.2 Å². The minimum absolute atomic E-state index is 0.226. The van der Waals surface area contributed by atoms with Gasteiger partial charge < -0.3 is 9.47 Å². The van der Waals surface area contributed by atoms with Crippen LogP contribution in [0.15, 0.2) is 24.3 Å². The largest absolute Gasteiger partial charge is 0.497 e. The molecule has 1 aromatic rings. The third kappa shape index (κ3) is 2.61. The highest BCUT2D eigenvalue weighted by Crippen LogP contribution is 2.30. The molecule has 7 heteroatoms. The van der Waals surface area contributed by atoms with Gasteiger partial charge in [0.15, 0.2) is 0 Å². The van der Waals surface area contributed by atoms with E-state index in [1.54, 1.807) is 19.2 Å². The van der Waals surface area contributed by atoms with E-state index in [2.05, 4.69) is 5.32 Å². The van der Waals surface area contributed by atoms with E-state index < -0.39 is 24.1 Å². The molecule has 2 aliphatic heterocycles. The molecule has 2 fully saturated rings. The molecule has 3 amide bonds. The van der Waals surface area contributed by atoms with Crippen LogP contribution in [0.25, 0.3) is 0 Å². The average molecular weight is 304 g/mol. The molecule has 0 bridgehead atoms. The Bertz CT molecular complexity index is 630. The molecule has 2 heterocycles. The van der Waals surface area contributed by atoms with Crippen LogP contribution in [0.2, 0.25) is 0 Å². The first-order valence-corrected chi connectivity index (χ1v) is 7.03. The molecule has 22 heavy (non-hydrogen) atoms. The zero-order valence-electron chi connectivity index (χ0n) is 12.1. The number of carbonyl (C=O) groups is 3. The second-order valence-electron chi connectivity index (χ2n) is 5.27. The van der Waals surface area contributed by atoms with Gasteiger partial charge in [-0.3, -0.25) is 19.8 Å². The van der Waals surface area contributed by atoms with Gasteiger partial charge in [0.1, 0.15) is 17.9 Å². The van der Waals surface area contributed by atoms with Crippen molar-refractivity contribution in [3.8, 4) is 5.75 Å². The molecule has 1 aromatic carbocycles. The Balaban J connectivity index is 1.75. The van der Waals surface area contributed by atoms with Crippen LogP contribution in [0.4, 0.5) is 4.79 Å². The fourth-order valence-corrected chi connectivity index (χ4v) is 2.73. The Hall–Kier alpha value is -2.57. The number of rotatable bonds is 3. The molecular weight excluding hydrogens is 288 g/mol. The fraction of sp³-hybridized carbons (Fsp3) is 0.400. The molecule has 1 N–H and O–H groups in total. The van der Waals surface area contributed by atoms with Gasteiger partial charge in [-0.2, -0.15) is 0 Å². The second kappa shape index (κ2) is 5.67. The summed E-state index contributed by atoms with van der Waals surface area (Å²) in [6.45, 7) is 0.276. The lowest BCUT2D eigenvalue weighted by atomic mass is 10.0. The van der Waals surface area contributed by atoms with Crippen LogP contribution in [0, 0.1) is 0 Å². The van der Waals surface area contributed by atoms with E-state index in [1.807, 2.05) is 12.1 Å². The van der Waals surface area contributed by atoms with Crippen molar-refractivity contribution in [1.82, 2.24) is 10.2 Å². The smallest absolute Gasteiger partial charge is 0.411 e. The van der Waals surface area contributed by atoms with Crippen molar-refractivity contribution in [3.05, 3.63) is 29.8 Å². The number of ether oxygens (including phenoxy) is 2. The summed E-state index contributed by atoms with van der Waals surface area (Å²) in [5, 5.41) is 2.25. The SMILES string of the molecule is COc1cccc([C@H]2CN(C3CCC(=O)NC3=O)C(=O)O2)c1. The molecule has 0 aliphatic carbocycles. The molecule has 116 valence electrons. The second-order valence-corrected chi connectivity index (χ2v) is 5.27. The summed E-state index contributed by atoms with van der Waals surface area (Å²) in [4.78, 5) is 36.5. The van der Waals surface area contributed by atoms with Crippen molar-refractivity contribution in [1.29, 1.82) is 0 Å². The van der Waals surface area contributed by atoms with Crippen molar-refractivity contribution in [2.24, 2.45) is 0 Å². The van der Waals surface area contributed by atoms with Gasteiger partial charge in [0.2, 0.25) is 11.8 Å². The molecule has 1 unspecified atom stereocenters. The summed E-state index contributed by atoms with van der Waals surface area (Å²) >= 11 is 0. The van der Waals surface area contributed by atoms with Gasteiger partial charge in [-0.15, -0.1) is 0 Å². The monoisotopic (exact) mass is 304 g/mol. The maximum Gasteiger partial charge on any atom is 0.411 e. The first-order chi connectivity index (χ1) is 10.6. The number of hydrogen-bond acceptors (Lipinski definition) is 5. The number of amides is 3. The molecule has 2 saturated heterocycles. The fourth-order valence-electron chi connectivity index (χ4n) is 2.73. The highest BCUT2D eigenvalue weighted by molar-refractivity contribution is 6.01. The van der Waals surface area contributed by atoms with E-state index in [4.69, 9.17) is 9.47 Å². The molecule has 0 spiro atoms. The van der Waals surface area contributed by atoms with Crippen LogP contribution in [0.1, 0.15) is 24.5 Å². The van der Waals surface area contributed by atoms with Crippen LogP contribution in [-0.2, 0) is 14.3 Å². The number of methoxy groups -OCH3 is 1. The van der Waals surface area contributed by atoms with E-state index in [-0.39, 0.29) is 18.9 Å². The predicted octanol–water partition coefficient (Wildman–Crippen LogP) is 0.994. The van der Waals surface area contributed by atoms with Gasteiger partial charge >= 0.3 is 6.09 Å². The Morgan fingerprint density at radius 1 is 1.32 bits per heavy atom. The minimum Gasteiger partial charge on any atom is -0.497 e. The number of nitrogens with one attached hydrogen (secondary N) is 1. The summed E-state index contributed by atoms with van der Waals surface area (Å²) in [5.74, 6) is -0.0781. The maximum atomic E-state index is 12.0. The summed E-state index contributed by atoms with van der Waals surface area (Å²) < 4.78 is 10.5. The van der Waals surface area contributed by atoms with E-state index in [9.17, 15) is 14.4 Å². The maximum absolute atomic E-state index is 12.0. The van der Waals surface area contributed by atoms with Crippen molar-refractivity contribution >= 4 is 17.9 Å². The highest BCUT2D eigenvalue weighted by Gasteiger charge is 2.41. The standard InChI is InChI=1S/C15H16N2O5/c1-21-10-4-2-3-9(7-10)12-8-17(15(20)22-12)11-5-6-13(18)16-14(11)19/h2-4,7,11-12H,5-6,8H2,1H3,(H,16,18,19)/t11?,12-/m1/s1. The van der Waals surface area contributed by atoms with Gasteiger partial charge in [-0.05, 0) is 24.1 Å². The molecule has 3 rings (SSSR count). The number of cyclic esters (lactones) is 1. The number of hydrogen-bond donors (Lipinski definition) is 1. The number of carbonyl (C=O) groups excluding carboxylic acids is 3. The van der Waals surface area contributed by atoms with Gasteiger partial charge in [-0.1, -0.05) is 12.1 Å². The Morgan fingerprint density at radius 2 is 2.14 bits per heavy atom. The lowest BCUT2D eigenvalue weighted by Crippen LogP contribution is -2.52. The molecule has 0 radical (unpaired) electrons. The van der Waals surface area contributed by atoms with E-state index in [1.165, 1.54) is 4.90 Å². The van der Waals surface area contributed by atoms with Crippen LogP contribution >= 0.6 is 0 Å². The lowest BCUT2D eigenvalue weighted by molar-refractivity contribution is -0.136. The van der Waals surface area contributed by atoms with E-state index in [0.717, 1.165) is 5.56 Å². The van der Waals surface area contributed by atoms with Gasteiger partial charge in [-0.25, -0.2) is 4.79 Å².